The van der Waals surface area contributed by atoms with Gasteiger partial charge in [-0.05, 0) is 37.0 Å². The number of hydrogen-bond acceptors (Lipinski definition) is 3. The second-order valence-corrected chi connectivity index (χ2v) is 4.95. The van der Waals surface area contributed by atoms with Crippen molar-refractivity contribution in [1.29, 1.82) is 0 Å². The molecule has 0 spiro atoms. The second-order valence-electron chi connectivity index (χ2n) is 4.95. The van der Waals surface area contributed by atoms with Gasteiger partial charge in [-0.2, -0.15) is 0 Å². The van der Waals surface area contributed by atoms with Gasteiger partial charge < -0.3 is 15.4 Å². The van der Waals surface area contributed by atoms with Crippen LogP contribution in [0, 0.1) is 11.7 Å². The van der Waals surface area contributed by atoms with Crippen molar-refractivity contribution in [1.82, 2.24) is 4.90 Å². The molecule has 0 aromatic heterocycles. The van der Waals surface area contributed by atoms with Gasteiger partial charge in [0.15, 0.2) is 0 Å². The Morgan fingerprint density at radius 1 is 1.58 bits per heavy atom. The quantitative estimate of drug-likeness (QED) is 0.850. The molecule has 2 rings (SSSR count). The molecule has 1 fully saturated rings. The molecule has 1 amide bonds. The van der Waals surface area contributed by atoms with Crippen molar-refractivity contribution in [2.24, 2.45) is 5.92 Å². The van der Waals surface area contributed by atoms with E-state index >= 15 is 0 Å². The minimum Gasteiger partial charge on any atom is -0.398 e. The molecular weight excluding hydrogens is 247 g/mol. The van der Waals surface area contributed by atoms with E-state index in [9.17, 15) is 9.18 Å². The lowest BCUT2D eigenvalue weighted by atomic mass is 9.98. The van der Waals surface area contributed by atoms with E-state index in [1.807, 2.05) is 0 Å². The van der Waals surface area contributed by atoms with Crippen molar-refractivity contribution in [2.45, 2.75) is 12.8 Å². The highest BCUT2D eigenvalue weighted by Gasteiger charge is 2.25. The largest absolute Gasteiger partial charge is 0.398 e. The second kappa shape index (κ2) is 6.02. The summed E-state index contributed by atoms with van der Waals surface area (Å²) in [7, 11) is 1.66. The summed E-state index contributed by atoms with van der Waals surface area (Å²) in [5.74, 6) is -0.293. The molecule has 1 saturated heterocycles. The van der Waals surface area contributed by atoms with E-state index in [2.05, 4.69) is 0 Å². The minimum atomic E-state index is -0.442. The maximum Gasteiger partial charge on any atom is 0.256 e. The molecule has 1 heterocycles. The molecule has 1 aromatic carbocycles. The van der Waals surface area contributed by atoms with E-state index in [0.29, 0.717) is 31.3 Å². The van der Waals surface area contributed by atoms with Crippen LogP contribution in [0.1, 0.15) is 23.2 Å². The summed E-state index contributed by atoms with van der Waals surface area (Å²) in [6, 6.07) is 3.90. The van der Waals surface area contributed by atoms with Crippen molar-refractivity contribution in [2.75, 3.05) is 32.5 Å². The number of halogens is 1. The van der Waals surface area contributed by atoms with Gasteiger partial charge >= 0.3 is 0 Å². The Kier molecular flexibility index (Phi) is 4.37. The molecule has 1 aliphatic rings. The fourth-order valence-corrected chi connectivity index (χ4v) is 2.51. The number of likely N-dealkylation sites (tertiary alicyclic amines) is 1. The molecule has 0 bridgehead atoms. The smallest absolute Gasteiger partial charge is 0.256 e. The lowest BCUT2D eigenvalue weighted by Gasteiger charge is -2.32. The van der Waals surface area contributed by atoms with Crippen LogP contribution < -0.4 is 5.73 Å². The lowest BCUT2D eigenvalue weighted by Crippen LogP contribution is -2.41. The predicted octanol–water partition coefficient (Wildman–Crippen LogP) is 1.91. The molecule has 5 heteroatoms. The Labute approximate surface area is 112 Å². The monoisotopic (exact) mass is 266 g/mol. The number of carbonyl (C=O) groups is 1. The average Bonchev–Trinajstić information content (AvgIpc) is 2.41. The molecule has 19 heavy (non-hydrogen) atoms. The van der Waals surface area contributed by atoms with Crippen molar-refractivity contribution >= 4 is 11.6 Å². The third-order valence-corrected chi connectivity index (χ3v) is 3.45. The van der Waals surface area contributed by atoms with Gasteiger partial charge in [0, 0.05) is 25.9 Å². The number of anilines is 1. The molecular formula is C14H19FN2O2. The summed E-state index contributed by atoms with van der Waals surface area (Å²) in [5, 5.41) is 0. The van der Waals surface area contributed by atoms with Crippen LogP contribution in [0.4, 0.5) is 10.1 Å². The number of nitrogens with two attached hydrogens (primary N) is 1. The van der Waals surface area contributed by atoms with Gasteiger partial charge in [-0.25, -0.2) is 4.39 Å². The summed E-state index contributed by atoms with van der Waals surface area (Å²) in [4.78, 5) is 14.1. The molecule has 0 aliphatic carbocycles. The van der Waals surface area contributed by atoms with E-state index in [4.69, 9.17) is 10.5 Å². The Balaban J connectivity index is 2.12. The lowest BCUT2D eigenvalue weighted by molar-refractivity contribution is 0.0571. The average molecular weight is 266 g/mol. The Morgan fingerprint density at radius 3 is 3.11 bits per heavy atom. The number of ether oxygens (including phenoxy) is 1. The number of nitrogens with zero attached hydrogens (tertiary/aromatic N) is 1. The van der Waals surface area contributed by atoms with E-state index in [1.165, 1.54) is 18.2 Å². The van der Waals surface area contributed by atoms with Crippen LogP contribution in [0.5, 0.6) is 0 Å². The number of hydrogen-bond donors (Lipinski definition) is 1. The van der Waals surface area contributed by atoms with Crippen LogP contribution in [0.15, 0.2) is 18.2 Å². The Hall–Kier alpha value is -1.62. The summed E-state index contributed by atoms with van der Waals surface area (Å²) in [5.41, 5.74) is 6.32. The van der Waals surface area contributed by atoms with E-state index < -0.39 is 5.82 Å². The molecule has 104 valence electrons. The molecule has 1 unspecified atom stereocenters. The van der Waals surface area contributed by atoms with Gasteiger partial charge in [0.25, 0.3) is 5.91 Å². The number of carbonyl (C=O) groups excluding carboxylic acids is 1. The zero-order valence-electron chi connectivity index (χ0n) is 11.1. The number of nitrogen functional groups attached to an aromatic ring is 1. The van der Waals surface area contributed by atoms with Crippen molar-refractivity contribution in [3.05, 3.63) is 29.6 Å². The highest BCUT2D eigenvalue weighted by Crippen LogP contribution is 2.21. The van der Waals surface area contributed by atoms with Crippen LogP contribution in [-0.4, -0.2) is 37.6 Å². The van der Waals surface area contributed by atoms with Gasteiger partial charge in [0.2, 0.25) is 0 Å². The van der Waals surface area contributed by atoms with Crippen molar-refractivity contribution < 1.29 is 13.9 Å². The topological polar surface area (TPSA) is 55.6 Å². The number of rotatable bonds is 3. The summed E-state index contributed by atoms with van der Waals surface area (Å²) in [6.45, 7) is 1.97. The molecule has 4 nitrogen and oxygen atoms in total. The number of methoxy groups -OCH3 is 1. The minimum absolute atomic E-state index is 0.196. The number of piperidine rings is 1. The van der Waals surface area contributed by atoms with Gasteiger partial charge in [-0.3, -0.25) is 4.79 Å². The zero-order chi connectivity index (χ0) is 13.8. The maximum atomic E-state index is 13.2. The van der Waals surface area contributed by atoms with Gasteiger partial charge in [-0.15, -0.1) is 0 Å². The van der Waals surface area contributed by atoms with Crippen LogP contribution in [0.3, 0.4) is 0 Å². The molecule has 1 aromatic rings. The highest BCUT2D eigenvalue weighted by molar-refractivity contribution is 5.99. The number of benzene rings is 1. The normalized spacial score (nSPS) is 19.5. The molecule has 1 aliphatic heterocycles. The van der Waals surface area contributed by atoms with Gasteiger partial charge in [0.1, 0.15) is 5.82 Å². The maximum absolute atomic E-state index is 13.2. The van der Waals surface area contributed by atoms with E-state index in [1.54, 1.807) is 12.0 Å². The van der Waals surface area contributed by atoms with Crippen LogP contribution >= 0.6 is 0 Å². The van der Waals surface area contributed by atoms with Crippen molar-refractivity contribution in [3.8, 4) is 0 Å². The third-order valence-electron chi connectivity index (χ3n) is 3.45. The SMILES string of the molecule is COCC1CCCN(C(=O)c2cc(F)ccc2N)C1. The third kappa shape index (κ3) is 3.23. The van der Waals surface area contributed by atoms with E-state index in [-0.39, 0.29) is 11.5 Å². The molecule has 0 radical (unpaired) electrons. The first-order valence-electron chi connectivity index (χ1n) is 6.45. The predicted molar refractivity (Wildman–Crippen MR) is 71.3 cm³/mol. The summed E-state index contributed by atoms with van der Waals surface area (Å²) in [6.07, 6.45) is 1.99. The first-order chi connectivity index (χ1) is 9.11. The van der Waals surface area contributed by atoms with Crippen LogP contribution in [0.25, 0.3) is 0 Å². The number of amides is 1. The Bertz CT molecular complexity index is 463. The standard InChI is InChI=1S/C14H19FN2O2/c1-19-9-10-3-2-6-17(8-10)14(18)12-7-11(15)4-5-13(12)16/h4-5,7,10H,2-3,6,8-9,16H2,1H3. The fourth-order valence-electron chi connectivity index (χ4n) is 2.51. The van der Waals surface area contributed by atoms with Crippen LogP contribution in [0.2, 0.25) is 0 Å². The van der Waals surface area contributed by atoms with Gasteiger partial charge in [0.05, 0.1) is 12.2 Å². The molecule has 2 N–H and O–H groups in total. The molecule has 1 atom stereocenters. The Morgan fingerprint density at radius 2 is 2.37 bits per heavy atom. The van der Waals surface area contributed by atoms with Gasteiger partial charge in [-0.1, -0.05) is 0 Å². The summed E-state index contributed by atoms with van der Waals surface area (Å²) < 4.78 is 18.4. The highest BCUT2D eigenvalue weighted by atomic mass is 19.1. The first kappa shape index (κ1) is 13.8. The molecule has 0 saturated carbocycles. The first-order valence-corrected chi connectivity index (χ1v) is 6.45. The zero-order valence-corrected chi connectivity index (χ0v) is 11.1. The van der Waals surface area contributed by atoms with E-state index in [0.717, 1.165) is 12.8 Å². The van der Waals surface area contributed by atoms with Crippen molar-refractivity contribution in [3.63, 3.8) is 0 Å². The van der Waals surface area contributed by atoms with Crippen LogP contribution in [-0.2, 0) is 4.74 Å². The summed E-state index contributed by atoms with van der Waals surface area (Å²) >= 11 is 0. The fraction of sp³-hybridized carbons (Fsp3) is 0.500.